The summed E-state index contributed by atoms with van der Waals surface area (Å²) in [5.74, 6) is -12.9. The Bertz CT molecular complexity index is 1470. The molecule has 0 amide bonds. The topological polar surface area (TPSA) is 74.2 Å². The van der Waals surface area contributed by atoms with Gasteiger partial charge in [0.2, 0.25) is 0 Å². The zero-order valence-corrected chi connectivity index (χ0v) is 27.7. The van der Waals surface area contributed by atoms with Crippen molar-refractivity contribution < 1.29 is 54.5 Å². The number of alkyl halides is 7. The van der Waals surface area contributed by atoms with Crippen LogP contribution in [0, 0.1) is 0 Å². The van der Waals surface area contributed by atoms with E-state index in [1.807, 2.05) is 0 Å². The molecule has 0 fully saturated rings. The van der Waals surface area contributed by atoms with Gasteiger partial charge in [0.15, 0.2) is 0 Å². The van der Waals surface area contributed by atoms with Gasteiger partial charge in [-0.15, -0.1) is 0 Å². The van der Waals surface area contributed by atoms with Crippen LogP contribution in [0.1, 0.15) is 93.7 Å². The van der Waals surface area contributed by atoms with Crippen molar-refractivity contribution in [3.8, 4) is 11.1 Å². The van der Waals surface area contributed by atoms with E-state index in [9.17, 15) is 40.3 Å². The van der Waals surface area contributed by atoms with Crippen molar-refractivity contribution >= 4 is 17.8 Å². The molecule has 2 aromatic rings. The number of benzene rings is 2. The van der Waals surface area contributed by atoms with Crippen LogP contribution < -0.4 is 0 Å². The first-order valence-electron chi connectivity index (χ1n) is 16.3. The van der Waals surface area contributed by atoms with E-state index in [0.717, 1.165) is 77.0 Å². The zero-order chi connectivity index (χ0) is 36.2. The second-order valence-electron chi connectivity index (χ2n) is 12.0. The van der Waals surface area contributed by atoms with Gasteiger partial charge in [0, 0.05) is 24.1 Å². The maximum absolute atomic E-state index is 14.6. The lowest BCUT2D eigenvalue weighted by molar-refractivity contribution is -0.336. The van der Waals surface area contributed by atoms with Gasteiger partial charge >= 0.3 is 30.1 Å². The third-order valence-electron chi connectivity index (χ3n) is 8.31. The summed E-state index contributed by atoms with van der Waals surface area (Å²) in [6, 6.07) is 10.2. The second kappa shape index (κ2) is 17.7. The minimum atomic E-state index is -6.50. The van der Waals surface area contributed by atoms with Crippen molar-refractivity contribution in [2.24, 2.45) is 4.99 Å². The second-order valence-corrected chi connectivity index (χ2v) is 12.0. The Balaban J connectivity index is 1.43. The highest BCUT2D eigenvalue weighted by Crippen LogP contribution is 2.50. The molecule has 0 aromatic heterocycles. The van der Waals surface area contributed by atoms with Crippen molar-refractivity contribution in [2.45, 2.75) is 95.1 Å². The maximum atomic E-state index is 14.6. The van der Waals surface area contributed by atoms with Gasteiger partial charge < -0.3 is 14.2 Å². The van der Waals surface area contributed by atoms with Crippen molar-refractivity contribution in [2.75, 3.05) is 26.9 Å². The van der Waals surface area contributed by atoms with Crippen LogP contribution in [-0.4, -0.2) is 62.7 Å². The Morgan fingerprint density at radius 3 is 1.82 bits per heavy atom. The van der Waals surface area contributed by atoms with Crippen molar-refractivity contribution in [3.63, 3.8) is 0 Å². The lowest BCUT2D eigenvalue weighted by Gasteiger charge is -2.29. The summed E-state index contributed by atoms with van der Waals surface area (Å²) in [5.41, 5.74) is 0.135. The first-order valence-corrected chi connectivity index (χ1v) is 16.3. The highest BCUT2D eigenvalue weighted by molar-refractivity contribution is 6.07. The minimum Gasteiger partial charge on any atom is -0.462 e. The van der Waals surface area contributed by atoms with E-state index in [1.54, 1.807) is 31.2 Å². The van der Waals surface area contributed by atoms with Crippen LogP contribution in [0.25, 0.3) is 11.1 Å². The summed E-state index contributed by atoms with van der Waals surface area (Å²) in [4.78, 5) is 26.8. The first kappa shape index (κ1) is 39.5. The quantitative estimate of drug-likeness (QED) is 0.0479. The zero-order valence-electron chi connectivity index (χ0n) is 27.7. The molecule has 2 aromatic carbocycles. The molecule has 0 saturated heterocycles. The normalized spacial score (nSPS) is 14.6. The molecule has 1 unspecified atom stereocenters. The molecule has 6 nitrogen and oxygen atoms in total. The Labute approximate surface area is 281 Å². The molecular formula is C36H42F7NO5. The molecule has 49 heavy (non-hydrogen) atoms. The summed E-state index contributed by atoms with van der Waals surface area (Å²) in [5, 5.41) is 0. The molecule has 1 atom stereocenters. The lowest BCUT2D eigenvalue weighted by Crippen LogP contribution is -2.56. The van der Waals surface area contributed by atoms with E-state index in [0.29, 0.717) is 40.9 Å². The van der Waals surface area contributed by atoms with E-state index in [1.165, 1.54) is 6.07 Å². The Morgan fingerprint density at radius 2 is 1.27 bits per heavy atom. The highest BCUT2D eigenvalue weighted by atomic mass is 19.4. The fourth-order valence-electron chi connectivity index (χ4n) is 5.67. The molecule has 270 valence electrons. The van der Waals surface area contributed by atoms with E-state index < -0.39 is 41.4 Å². The summed E-state index contributed by atoms with van der Waals surface area (Å²) < 4.78 is 111. The van der Waals surface area contributed by atoms with Gasteiger partial charge in [-0.05, 0) is 48.1 Å². The van der Waals surface area contributed by atoms with Crippen LogP contribution in [0.15, 0.2) is 59.6 Å². The molecule has 0 heterocycles. The number of unbranched alkanes of at least 4 members (excludes halogenated alkanes) is 9. The van der Waals surface area contributed by atoms with Gasteiger partial charge in [0.25, 0.3) is 0 Å². The molecule has 13 heteroatoms. The number of aliphatic imine (C=N–C) groups is 1. The van der Waals surface area contributed by atoms with Gasteiger partial charge in [-0.3, -0.25) is 4.99 Å². The smallest absolute Gasteiger partial charge is 0.462 e. The number of rotatable bonds is 19. The van der Waals surface area contributed by atoms with E-state index >= 15 is 0 Å². The fourth-order valence-corrected chi connectivity index (χ4v) is 5.67. The summed E-state index contributed by atoms with van der Waals surface area (Å²) >= 11 is 0. The first-order chi connectivity index (χ1) is 23.1. The minimum absolute atomic E-state index is 0.168. The number of esters is 1. The van der Waals surface area contributed by atoms with Gasteiger partial charge in [0.1, 0.15) is 12.3 Å². The predicted molar refractivity (Wildman–Crippen MR) is 171 cm³/mol. The van der Waals surface area contributed by atoms with Gasteiger partial charge in [-0.2, -0.15) is 30.7 Å². The monoisotopic (exact) mass is 701 g/mol. The molecule has 3 rings (SSSR count). The molecule has 0 aliphatic heterocycles. The van der Waals surface area contributed by atoms with E-state index in [-0.39, 0.29) is 19.2 Å². The van der Waals surface area contributed by atoms with E-state index in [2.05, 4.69) is 11.6 Å². The lowest BCUT2D eigenvalue weighted by atomic mass is 9.93. The average molecular weight is 702 g/mol. The molecule has 1 aliphatic rings. The number of ether oxygens (including phenoxy) is 3. The third kappa shape index (κ3) is 10.1. The number of carbonyl (C=O) groups excluding carboxylic acids is 2. The predicted octanol–water partition coefficient (Wildman–Crippen LogP) is 10.2. The summed E-state index contributed by atoms with van der Waals surface area (Å²) in [6.45, 7) is 5.58. The van der Waals surface area contributed by atoms with Crippen LogP contribution in [0.2, 0.25) is 0 Å². The third-order valence-corrected chi connectivity index (χ3v) is 8.31. The molecule has 0 saturated carbocycles. The Hall–Kier alpha value is -3.90. The number of hydrogen-bond acceptors (Lipinski definition) is 6. The molecular weight excluding hydrogens is 659 g/mol. The van der Waals surface area contributed by atoms with Gasteiger partial charge in [-0.25, -0.2) is 9.59 Å². The summed E-state index contributed by atoms with van der Waals surface area (Å²) in [7, 11) is 0.722. The van der Waals surface area contributed by atoms with Gasteiger partial charge in [-0.1, -0.05) is 94.3 Å². The SMILES string of the molecule is C=C(C)C(=O)OCCCCCCCCCCCCOC(=O)OCC1c2ccccc2-c2cc(C(=NC)C(F)(F)C(F)(F)C(F)(F)F)ccc21. The number of hydrogen-bond donors (Lipinski definition) is 0. The van der Waals surface area contributed by atoms with Crippen molar-refractivity contribution in [1.29, 1.82) is 0 Å². The molecule has 0 N–H and O–H groups in total. The maximum Gasteiger partial charge on any atom is 0.508 e. The van der Waals surface area contributed by atoms with E-state index in [4.69, 9.17) is 14.2 Å². The summed E-state index contributed by atoms with van der Waals surface area (Å²) in [6.07, 6.45) is 2.49. The van der Waals surface area contributed by atoms with Crippen LogP contribution >= 0.6 is 0 Å². The van der Waals surface area contributed by atoms with Crippen LogP contribution in [0.4, 0.5) is 35.5 Å². The van der Waals surface area contributed by atoms with Crippen LogP contribution in [0.3, 0.4) is 0 Å². The number of nitrogens with zero attached hydrogens (tertiary/aromatic N) is 1. The van der Waals surface area contributed by atoms with Crippen LogP contribution in [0.5, 0.6) is 0 Å². The fraction of sp³-hybridized carbons (Fsp3) is 0.528. The molecule has 0 bridgehead atoms. The van der Waals surface area contributed by atoms with Crippen LogP contribution in [-0.2, 0) is 19.0 Å². The van der Waals surface area contributed by atoms with Crippen molar-refractivity contribution in [1.82, 2.24) is 0 Å². The number of halogens is 7. The molecule has 0 spiro atoms. The Kier molecular flexibility index (Phi) is 14.3. The number of carbonyl (C=O) groups is 2. The highest BCUT2D eigenvalue weighted by Gasteiger charge is 2.75. The largest absolute Gasteiger partial charge is 0.508 e. The standard InChI is InChI=1S/C36H42F7NO5/c1-24(2)32(45)47-20-14-10-8-6-4-5-7-9-11-15-21-48-33(46)49-23-30-27-17-13-12-16-26(27)29-22-25(18-19-28(29)30)31(44-3)34(37,38)35(39,40)36(41,42)43/h12-13,16-19,22,30H,1,4-11,14-15,20-21,23H2,2-3H3. The average Bonchev–Trinajstić information content (AvgIpc) is 3.36. The molecule has 1 aliphatic carbocycles. The number of fused-ring (bicyclic) bond motifs is 3. The Morgan fingerprint density at radius 1 is 0.735 bits per heavy atom. The van der Waals surface area contributed by atoms with Crippen molar-refractivity contribution in [3.05, 3.63) is 71.3 Å². The van der Waals surface area contributed by atoms with Gasteiger partial charge in [0.05, 0.1) is 13.2 Å². The molecule has 0 radical (unpaired) electrons.